The van der Waals surface area contributed by atoms with Crippen LogP contribution in [0.15, 0.2) is 18.2 Å². The highest BCUT2D eigenvalue weighted by Gasteiger charge is 2.50. The number of ether oxygens (including phenoxy) is 1. The predicted molar refractivity (Wildman–Crippen MR) is 83.5 cm³/mol. The average Bonchev–Trinajstić information content (AvgIpc) is 2.45. The lowest BCUT2D eigenvalue weighted by atomic mass is 9.50. The van der Waals surface area contributed by atoms with E-state index in [1.54, 1.807) is 7.11 Å². The zero-order valence-corrected chi connectivity index (χ0v) is 13.2. The number of benzene rings is 1. The smallest absolute Gasteiger partial charge is 0.120 e. The van der Waals surface area contributed by atoms with Crippen molar-refractivity contribution in [2.24, 2.45) is 29.6 Å². The number of hydrogen-bond donors (Lipinski definition) is 1. The van der Waals surface area contributed by atoms with Crippen molar-refractivity contribution < 1.29 is 9.84 Å². The molecule has 4 aliphatic carbocycles. The lowest BCUT2D eigenvalue weighted by molar-refractivity contribution is -0.0907. The molecule has 0 spiro atoms. The maximum Gasteiger partial charge on any atom is 0.120 e. The molecule has 5 rings (SSSR count). The van der Waals surface area contributed by atoms with Crippen LogP contribution in [-0.4, -0.2) is 12.2 Å². The standard InChI is InChI=1S/C18H23ClO2/c1-21-14-2-3-15(16(19)9-14)18(20)17-12-5-10-4-11(7-12)8-13(17)6-10/h2-3,9-13,17-18,20H,4-8H2,1H3. The van der Waals surface area contributed by atoms with Gasteiger partial charge in [0.15, 0.2) is 0 Å². The zero-order chi connectivity index (χ0) is 14.6. The molecule has 4 bridgehead atoms. The molecule has 1 unspecified atom stereocenters. The topological polar surface area (TPSA) is 29.5 Å². The van der Waals surface area contributed by atoms with Gasteiger partial charge in [0, 0.05) is 0 Å². The van der Waals surface area contributed by atoms with E-state index in [4.69, 9.17) is 16.3 Å². The van der Waals surface area contributed by atoms with E-state index in [1.165, 1.54) is 32.1 Å². The molecule has 1 aromatic carbocycles. The second kappa shape index (κ2) is 5.17. The molecule has 4 aliphatic rings. The van der Waals surface area contributed by atoms with Gasteiger partial charge in [-0.3, -0.25) is 0 Å². The summed E-state index contributed by atoms with van der Waals surface area (Å²) >= 11 is 6.38. The highest BCUT2D eigenvalue weighted by molar-refractivity contribution is 6.31. The van der Waals surface area contributed by atoms with Gasteiger partial charge in [0.2, 0.25) is 0 Å². The lowest BCUT2D eigenvalue weighted by Gasteiger charge is -2.55. The second-order valence-corrected chi connectivity index (χ2v) is 7.75. The Bertz CT molecular complexity index is 514. The molecule has 0 heterocycles. The van der Waals surface area contributed by atoms with E-state index < -0.39 is 6.10 Å². The first-order valence-corrected chi connectivity index (χ1v) is 8.55. The SMILES string of the molecule is COc1ccc(C(O)C2C3CC4CC(C3)CC2C4)c(Cl)c1. The van der Waals surface area contributed by atoms with Crippen LogP contribution in [0.1, 0.15) is 43.8 Å². The van der Waals surface area contributed by atoms with Gasteiger partial charge in [-0.2, -0.15) is 0 Å². The first-order valence-electron chi connectivity index (χ1n) is 8.17. The minimum absolute atomic E-state index is 0.406. The third-order valence-electron chi connectivity index (χ3n) is 6.19. The molecule has 4 fully saturated rings. The summed E-state index contributed by atoms with van der Waals surface area (Å²) in [5, 5.41) is 11.6. The maximum atomic E-state index is 11.0. The predicted octanol–water partition coefficient (Wildman–Crippen LogP) is 4.45. The quantitative estimate of drug-likeness (QED) is 0.893. The molecule has 3 heteroatoms. The first kappa shape index (κ1) is 13.9. The molecule has 4 saturated carbocycles. The van der Waals surface area contributed by atoms with Crippen LogP contribution in [0.2, 0.25) is 5.02 Å². The monoisotopic (exact) mass is 306 g/mol. The molecule has 0 amide bonds. The van der Waals surface area contributed by atoms with E-state index in [-0.39, 0.29) is 0 Å². The van der Waals surface area contributed by atoms with Crippen LogP contribution in [0.5, 0.6) is 5.75 Å². The van der Waals surface area contributed by atoms with Crippen molar-refractivity contribution >= 4 is 11.6 Å². The van der Waals surface area contributed by atoms with Crippen LogP contribution in [0.3, 0.4) is 0 Å². The molecule has 0 aromatic heterocycles. The van der Waals surface area contributed by atoms with Crippen molar-refractivity contribution in [3.8, 4) is 5.75 Å². The summed E-state index contributed by atoms with van der Waals surface area (Å²) in [6.07, 6.45) is 6.31. The Kier molecular flexibility index (Phi) is 3.42. The van der Waals surface area contributed by atoms with Crippen LogP contribution in [-0.2, 0) is 0 Å². The van der Waals surface area contributed by atoms with Gasteiger partial charge < -0.3 is 9.84 Å². The van der Waals surface area contributed by atoms with E-state index in [0.29, 0.717) is 22.8 Å². The minimum atomic E-state index is -0.418. The van der Waals surface area contributed by atoms with E-state index in [2.05, 4.69) is 0 Å². The largest absolute Gasteiger partial charge is 0.497 e. The van der Waals surface area contributed by atoms with Gasteiger partial charge in [0.05, 0.1) is 18.2 Å². The van der Waals surface area contributed by atoms with E-state index in [0.717, 1.165) is 23.1 Å². The number of aliphatic hydroxyl groups is 1. The molecule has 2 nitrogen and oxygen atoms in total. The maximum absolute atomic E-state index is 11.0. The molecule has 0 saturated heterocycles. The van der Waals surface area contributed by atoms with Gasteiger partial charge in [-0.05, 0) is 79.4 Å². The fraction of sp³-hybridized carbons (Fsp3) is 0.667. The Hall–Kier alpha value is -0.730. The number of aliphatic hydroxyl groups excluding tert-OH is 1. The minimum Gasteiger partial charge on any atom is -0.497 e. The molecule has 1 N–H and O–H groups in total. The van der Waals surface area contributed by atoms with Gasteiger partial charge in [0.25, 0.3) is 0 Å². The Morgan fingerprint density at radius 1 is 1.10 bits per heavy atom. The third-order valence-corrected chi connectivity index (χ3v) is 6.52. The second-order valence-electron chi connectivity index (χ2n) is 7.34. The molecular weight excluding hydrogens is 284 g/mol. The molecule has 114 valence electrons. The Labute approximate surface area is 131 Å². The van der Waals surface area contributed by atoms with Gasteiger partial charge >= 0.3 is 0 Å². The zero-order valence-electron chi connectivity index (χ0n) is 12.5. The van der Waals surface area contributed by atoms with Gasteiger partial charge in [-0.25, -0.2) is 0 Å². The van der Waals surface area contributed by atoms with Crippen molar-refractivity contribution in [3.63, 3.8) is 0 Å². The Morgan fingerprint density at radius 2 is 1.71 bits per heavy atom. The summed E-state index contributed by atoms with van der Waals surface area (Å²) in [5.74, 6) is 4.43. The van der Waals surface area contributed by atoms with Crippen LogP contribution >= 0.6 is 11.6 Å². The first-order chi connectivity index (χ1) is 10.2. The van der Waals surface area contributed by atoms with E-state index in [9.17, 15) is 5.11 Å². The molecule has 1 aromatic rings. The summed E-state index contributed by atoms with van der Waals surface area (Å²) in [5.41, 5.74) is 0.884. The Morgan fingerprint density at radius 3 is 2.24 bits per heavy atom. The normalized spacial score (nSPS) is 38.5. The fourth-order valence-electron chi connectivity index (χ4n) is 5.56. The summed E-state index contributed by atoms with van der Waals surface area (Å²) in [7, 11) is 1.64. The van der Waals surface area contributed by atoms with Crippen LogP contribution in [0, 0.1) is 29.6 Å². The highest BCUT2D eigenvalue weighted by atomic mass is 35.5. The van der Waals surface area contributed by atoms with Crippen molar-refractivity contribution in [1.29, 1.82) is 0 Å². The molecule has 0 radical (unpaired) electrons. The summed E-state index contributed by atoms with van der Waals surface area (Å²) in [6, 6.07) is 5.66. The number of rotatable bonds is 3. The van der Waals surface area contributed by atoms with Crippen LogP contribution < -0.4 is 4.74 Å². The van der Waals surface area contributed by atoms with Gasteiger partial charge in [0.1, 0.15) is 5.75 Å². The lowest BCUT2D eigenvalue weighted by Crippen LogP contribution is -2.47. The highest BCUT2D eigenvalue weighted by Crippen LogP contribution is 2.59. The summed E-state index contributed by atoms with van der Waals surface area (Å²) in [4.78, 5) is 0. The van der Waals surface area contributed by atoms with Gasteiger partial charge in [-0.15, -0.1) is 0 Å². The van der Waals surface area contributed by atoms with Crippen molar-refractivity contribution in [2.75, 3.05) is 7.11 Å². The van der Waals surface area contributed by atoms with Crippen LogP contribution in [0.25, 0.3) is 0 Å². The van der Waals surface area contributed by atoms with Crippen molar-refractivity contribution in [1.82, 2.24) is 0 Å². The fourth-order valence-corrected chi connectivity index (χ4v) is 5.85. The molecule has 1 atom stereocenters. The summed E-state index contributed by atoms with van der Waals surface area (Å²) < 4.78 is 5.20. The van der Waals surface area contributed by atoms with Crippen molar-refractivity contribution in [3.05, 3.63) is 28.8 Å². The third kappa shape index (κ3) is 2.27. The average molecular weight is 307 g/mol. The van der Waals surface area contributed by atoms with Crippen LogP contribution in [0.4, 0.5) is 0 Å². The molecular formula is C18H23ClO2. The number of hydrogen-bond acceptors (Lipinski definition) is 2. The Balaban J connectivity index is 1.61. The van der Waals surface area contributed by atoms with E-state index >= 15 is 0 Å². The van der Waals surface area contributed by atoms with Gasteiger partial charge in [-0.1, -0.05) is 17.7 Å². The molecule has 0 aliphatic heterocycles. The number of methoxy groups -OCH3 is 1. The summed E-state index contributed by atoms with van der Waals surface area (Å²) in [6.45, 7) is 0. The van der Waals surface area contributed by atoms with Crippen molar-refractivity contribution in [2.45, 2.75) is 38.2 Å². The number of halogens is 1. The molecule has 21 heavy (non-hydrogen) atoms. The van der Waals surface area contributed by atoms with E-state index in [1.807, 2.05) is 18.2 Å².